The number of imide groups is 1. The van der Waals surface area contributed by atoms with E-state index in [1.165, 1.54) is 0 Å². The zero-order valence-electron chi connectivity index (χ0n) is 12.2. The Labute approximate surface area is 128 Å². The molecule has 2 amide bonds. The minimum atomic E-state index is -0.542. The maximum Gasteiger partial charge on any atom is 0.417 e. The van der Waals surface area contributed by atoms with Gasteiger partial charge < -0.3 is 9.47 Å². The molecular weight excluding hydrogens is 282 g/mol. The number of hydrogen-bond donors (Lipinski definition) is 0. The number of unbranched alkanes of at least 4 members (excludes halogenated alkanes) is 1. The average molecular weight is 299 g/mol. The first-order valence-corrected chi connectivity index (χ1v) is 7.33. The van der Waals surface area contributed by atoms with Gasteiger partial charge in [-0.3, -0.25) is 4.79 Å². The van der Waals surface area contributed by atoms with Crippen molar-refractivity contribution in [2.24, 2.45) is 0 Å². The van der Waals surface area contributed by atoms with Gasteiger partial charge in [0.1, 0.15) is 5.75 Å². The van der Waals surface area contributed by atoms with Crippen molar-refractivity contribution in [3.63, 3.8) is 0 Å². The molecule has 5 nitrogen and oxygen atoms in total. The van der Waals surface area contributed by atoms with Gasteiger partial charge in [-0.05, 0) is 24.3 Å². The molecule has 0 N–H and O–H groups in total. The van der Waals surface area contributed by atoms with Crippen molar-refractivity contribution in [1.29, 1.82) is 0 Å². The molecule has 2 aromatic rings. The molecule has 0 radical (unpaired) electrons. The lowest BCUT2D eigenvalue weighted by atomic mass is 10.1. The van der Waals surface area contributed by atoms with Gasteiger partial charge in [-0.2, -0.15) is 0 Å². The summed E-state index contributed by atoms with van der Waals surface area (Å²) >= 11 is 0. The van der Waals surface area contributed by atoms with Crippen molar-refractivity contribution in [1.82, 2.24) is 4.90 Å². The second-order valence-corrected chi connectivity index (χ2v) is 5.13. The minimum absolute atomic E-state index is 0.134. The number of carbonyl (C=O) groups is 2. The Morgan fingerprint density at radius 1 is 1.05 bits per heavy atom. The molecule has 0 spiro atoms. The first-order valence-electron chi connectivity index (χ1n) is 7.33. The topological polar surface area (TPSA) is 55.8 Å². The van der Waals surface area contributed by atoms with Gasteiger partial charge in [0.15, 0.2) is 6.61 Å². The Kier molecular flexibility index (Phi) is 4.23. The highest BCUT2D eigenvalue weighted by molar-refractivity contribution is 5.97. The van der Waals surface area contributed by atoms with E-state index in [0.717, 1.165) is 27.8 Å². The molecule has 0 bridgehead atoms. The molecule has 2 aromatic carbocycles. The summed E-state index contributed by atoms with van der Waals surface area (Å²) in [5, 5.41) is 2.23. The highest BCUT2D eigenvalue weighted by Crippen LogP contribution is 2.25. The number of amides is 2. The fourth-order valence-corrected chi connectivity index (χ4v) is 2.47. The van der Waals surface area contributed by atoms with Crippen LogP contribution in [0.25, 0.3) is 10.8 Å². The van der Waals surface area contributed by atoms with E-state index in [0.29, 0.717) is 19.6 Å². The van der Waals surface area contributed by atoms with Gasteiger partial charge in [0.2, 0.25) is 0 Å². The van der Waals surface area contributed by atoms with E-state index in [-0.39, 0.29) is 12.5 Å². The van der Waals surface area contributed by atoms with E-state index >= 15 is 0 Å². The van der Waals surface area contributed by atoms with Crippen molar-refractivity contribution in [3.8, 4) is 5.75 Å². The fourth-order valence-electron chi connectivity index (χ4n) is 2.47. The maximum atomic E-state index is 11.4. The normalized spacial score (nSPS) is 14.5. The Morgan fingerprint density at radius 2 is 1.86 bits per heavy atom. The van der Waals surface area contributed by atoms with Gasteiger partial charge in [-0.15, -0.1) is 0 Å². The van der Waals surface area contributed by atoms with Crippen molar-refractivity contribution in [2.45, 2.75) is 12.8 Å². The number of nitrogens with zero attached hydrogens (tertiary/aromatic N) is 1. The molecule has 1 aliphatic rings. The molecule has 0 unspecified atom stereocenters. The molecule has 5 heteroatoms. The SMILES string of the molecule is O=C1COC(=O)N1CCCCOc1cccc2ccccc12. The van der Waals surface area contributed by atoms with Crippen molar-refractivity contribution in [2.75, 3.05) is 19.8 Å². The van der Waals surface area contributed by atoms with Gasteiger partial charge in [-0.1, -0.05) is 36.4 Å². The van der Waals surface area contributed by atoms with Crippen LogP contribution in [-0.4, -0.2) is 36.7 Å². The average Bonchev–Trinajstić information content (AvgIpc) is 2.86. The molecule has 1 fully saturated rings. The van der Waals surface area contributed by atoms with Gasteiger partial charge >= 0.3 is 6.09 Å². The van der Waals surface area contributed by atoms with E-state index in [1.54, 1.807) is 0 Å². The summed E-state index contributed by atoms with van der Waals surface area (Å²) in [4.78, 5) is 23.8. The second-order valence-electron chi connectivity index (χ2n) is 5.13. The number of fused-ring (bicyclic) bond motifs is 1. The highest BCUT2D eigenvalue weighted by atomic mass is 16.6. The van der Waals surface area contributed by atoms with Crippen LogP contribution in [0.2, 0.25) is 0 Å². The van der Waals surface area contributed by atoms with Crippen LogP contribution in [-0.2, 0) is 9.53 Å². The molecule has 3 rings (SSSR count). The van der Waals surface area contributed by atoms with E-state index in [2.05, 4.69) is 4.74 Å². The third kappa shape index (κ3) is 3.03. The van der Waals surface area contributed by atoms with Gasteiger partial charge in [-0.25, -0.2) is 9.69 Å². The summed E-state index contributed by atoms with van der Waals surface area (Å²) in [6.45, 7) is 0.799. The Morgan fingerprint density at radius 3 is 2.68 bits per heavy atom. The Hall–Kier alpha value is -2.56. The number of benzene rings is 2. The molecular formula is C17H17NO4. The van der Waals surface area contributed by atoms with Gasteiger partial charge in [0.25, 0.3) is 5.91 Å². The van der Waals surface area contributed by atoms with Crippen LogP contribution in [0, 0.1) is 0 Å². The summed E-state index contributed by atoms with van der Waals surface area (Å²) in [5.74, 6) is 0.592. The number of cyclic esters (lactones) is 1. The molecule has 1 aliphatic heterocycles. The molecule has 0 aromatic heterocycles. The van der Waals surface area contributed by atoms with Crippen molar-refractivity contribution >= 4 is 22.8 Å². The van der Waals surface area contributed by atoms with Crippen LogP contribution in [0.3, 0.4) is 0 Å². The van der Waals surface area contributed by atoms with Crippen LogP contribution < -0.4 is 4.74 Å². The number of carbonyl (C=O) groups excluding carboxylic acids is 2. The zero-order valence-corrected chi connectivity index (χ0v) is 12.2. The van der Waals surface area contributed by atoms with Crippen LogP contribution in [0.1, 0.15) is 12.8 Å². The lowest BCUT2D eigenvalue weighted by Gasteiger charge is -2.12. The first kappa shape index (κ1) is 14.4. The fraction of sp³-hybridized carbons (Fsp3) is 0.294. The van der Waals surface area contributed by atoms with E-state index < -0.39 is 6.09 Å². The highest BCUT2D eigenvalue weighted by Gasteiger charge is 2.29. The molecule has 0 saturated carbocycles. The summed E-state index contributed by atoms with van der Waals surface area (Å²) in [6.07, 6.45) is 0.922. The van der Waals surface area contributed by atoms with Gasteiger partial charge in [0, 0.05) is 11.9 Å². The number of ether oxygens (including phenoxy) is 2. The lowest BCUT2D eigenvalue weighted by Crippen LogP contribution is -2.30. The molecule has 0 aliphatic carbocycles. The predicted molar refractivity (Wildman–Crippen MR) is 81.7 cm³/mol. The van der Waals surface area contributed by atoms with Crippen LogP contribution in [0.4, 0.5) is 4.79 Å². The van der Waals surface area contributed by atoms with Crippen LogP contribution in [0.5, 0.6) is 5.75 Å². The van der Waals surface area contributed by atoms with E-state index in [4.69, 9.17) is 4.74 Å². The number of rotatable bonds is 6. The first-order chi connectivity index (χ1) is 10.8. The largest absolute Gasteiger partial charge is 0.493 e. The Balaban J connectivity index is 1.49. The van der Waals surface area contributed by atoms with E-state index in [1.807, 2.05) is 42.5 Å². The van der Waals surface area contributed by atoms with Crippen molar-refractivity contribution in [3.05, 3.63) is 42.5 Å². The molecule has 22 heavy (non-hydrogen) atoms. The summed E-state index contributed by atoms with van der Waals surface area (Å²) in [6, 6.07) is 14.0. The zero-order chi connectivity index (χ0) is 15.4. The van der Waals surface area contributed by atoms with Gasteiger partial charge in [0.05, 0.1) is 6.61 Å². The van der Waals surface area contributed by atoms with Crippen molar-refractivity contribution < 1.29 is 19.1 Å². The number of hydrogen-bond acceptors (Lipinski definition) is 4. The summed E-state index contributed by atoms with van der Waals surface area (Å²) < 4.78 is 10.5. The predicted octanol–water partition coefficient (Wildman–Crippen LogP) is 2.98. The minimum Gasteiger partial charge on any atom is -0.493 e. The van der Waals surface area contributed by atoms with Crippen LogP contribution >= 0.6 is 0 Å². The second kappa shape index (κ2) is 6.47. The standard InChI is InChI=1S/C17H17NO4/c19-16-12-22-17(20)18(16)10-3-4-11-21-15-9-5-7-13-6-1-2-8-14(13)15/h1-2,5-9H,3-4,10-12H2. The molecule has 114 valence electrons. The summed E-state index contributed by atoms with van der Waals surface area (Å²) in [5.41, 5.74) is 0. The van der Waals surface area contributed by atoms with Crippen LogP contribution in [0.15, 0.2) is 42.5 Å². The maximum absolute atomic E-state index is 11.4. The third-order valence-corrected chi connectivity index (χ3v) is 3.62. The van der Waals surface area contributed by atoms with E-state index in [9.17, 15) is 9.59 Å². The molecule has 1 saturated heterocycles. The smallest absolute Gasteiger partial charge is 0.417 e. The molecule has 0 atom stereocenters. The monoisotopic (exact) mass is 299 g/mol. The summed E-state index contributed by atoms with van der Waals surface area (Å²) in [7, 11) is 0. The quantitative estimate of drug-likeness (QED) is 0.769. The third-order valence-electron chi connectivity index (χ3n) is 3.62. The Bertz CT molecular complexity index is 677. The molecule has 1 heterocycles. The lowest BCUT2D eigenvalue weighted by molar-refractivity contribution is -0.125.